The van der Waals surface area contributed by atoms with E-state index >= 15 is 0 Å². The van der Waals surface area contributed by atoms with Crippen LogP contribution in [0.15, 0.2) is 54.6 Å². The molecule has 1 aliphatic carbocycles. The highest BCUT2D eigenvalue weighted by Gasteiger charge is 2.33. The lowest BCUT2D eigenvalue weighted by atomic mass is 10.1. The molecule has 6 heteroatoms. The van der Waals surface area contributed by atoms with Crippen molar-refractivity contribution in [1.82, 2.24) is 4.90 Å². The minimum Gasteiger partial charge on any atom is -0.497 e. The first-order chi connectivity index (χ1) is 13.5. The highest BCUT2D eigenvalue weighted by Crippen LogP contribution is 2.36. The lowest BCUT2D eigenvalue weighted by Gasteiger charge is -2.28. The van der Waals surface area contributed by atoms with E-state index in [1.165, 1.54) is 12.1 Å². The molecule has 0 spiro atoms. The third-order valence-electron chi connectivity index (χ3n) is 5.11. The van der Waals surface area contributed by atoms with Crippen molar-refractivity contribution in [3.8, 4) is 5.75 Å². The molecule has 1 unspecified atom stereocenters. The van der Waals surface area contributed by atoms with Crippen LogP contribution in [0.25, 0.3) is 6.08 Å². The van der Waals surface area contributed by atoms with E-state index in [4.69, 9.17) is 4.74 Å². The molecule has 6 nitrogen and oxygen atoms in total. The van der Waals surface area contributed by atoms with Crippen LogP contribution >= 0.6 is 0 Å². The fourth-order valence-corrected chi connectivity index (χ4v) is 3.15. The molecule has 146 valence electrons. The number of nitro benzene ring substituents is 1. The van der Waals surface area contributed by atoms with Crippen molar-refractivity contribution in [3.05, 3.63) is 75.8 Å². The van der Waals surface area contributed by atoms with Gasteiger partial charge in [-0.2, -0.15) is 0 Å². The fourth-order valence-electron chi connectivity index (χ4n) is 3.15. The van der Waals surface area contributed by atoms with Gasteiger partial charge in [-0.25, -0.2) is 0 Å². The van der Waals surface area contributed by atoms with Crippen LogP contribution in [0.3, 0.4) is 0 Å². The van der Waals surface area contributed by atoms with Crippen molar-refractivity contribution >= 4 is 17.7 Å². The summed E-state index contributed by atoms with van der Waals surface area (Å²) in [7, 11) is 1.63. The van der Waals surface area contributed by atoms with E-state index < -0.39 is 4.92 Å². The first kappa shape index (κ1) is 19.6. The normalized spacial score (nSPS) is 14.6. The number of hydrogen-bond donors (Lipinski definition) is 0. The topological polar surface area (TPSA) is 72.7 Å². The van der Waals surface area contributed by atoms with E-state index in [1.807, 2.05) is 29.2 Å². The molecule has 0 aliphatic heterocycles. The summed E-state index contributed by atoms with van der Waals surface area (Å²) in [6.07, 6.45) is 5.55. The number of nitro groups is 1. The number of hydrogen-bond acceptors (Lipinski definition) is 4. The molecule has 1 aliphatic rings. The SMILES string of the molecule is COc1ccc(CN(C(=O)C=Cc2ccc([N+](=O)[O-])cc2)C(C)C2CC2)cc1. The van der Waals surface area contributed by atoms with Crippen LogP contribution in [0.5, 0.6) is 5.75 Å². The Hall–Kier alpha value is -3.15. The van der Waals surface area contributed by atoms with Crippen molar-refractivity contribution in [2.45, 2.75) is 32.4 Å². The summed E-state index contributed by atoms with van der Waals surface area (Å²) in [5, 5.41) is 10.7. The van der Waals surface area contributed by atoms with Crippen LogP contribution in [-0.2, 0) is 11.3 Å². The summed E-state index contributed by atoms with van der Waals surface area (Å²) < 4.78 is 5.19. The van der Waals surface area contributed by atoms with Crippen molar-refractivity contribution in [2.75, 3.05) is 7.11 Å². The number of nitrogens with zero attached hydrogens (tertiary/aromatic N) is 2. The summed E-state index contributed by atoms with van der Waals surface area (Å²) in [6, 6.07) is 14.0. The first-order valence-corrected chi connectivity index (χ1v) is 9.34. The predicted octanol–water partition coefficient (Wildman–Crippen LogP) is 4.44. The molecule has 2 aromatic carbocycles. The van der Waals surface area contributed by atoms with Crippen molar-refractivity contribution in [1.29, 1.82) is 0 Å². The second kappa shape index (κ2) is 8.69. The summed E-state index contributed by atoms with van der Waals surface area (Å²) in [4.78, 5) is 25.1. The monoisotopic (exact) mass is 380 g/mol. The molecular weight excluding hydrogens is 356 g/mol. The Kier molecular flexibility index (Phi) is 6.09. The zero-order valence-electron chi connectivity index (χ0n) is 16.1. The molecule has 0 N–H and O–H groups in total. The van der Waals surface area contributed by atoms with Crippen molar-refractivity contribution in [3.63, 3.8) is 0 Å². The first-order valence-electron chi connectivity index (χ1n) is 9.34. The lowest BCUT2D eigenvalue weighted by Crippen LogP contribution is -2.38. The standard InChI is InChI=1S/C22H24N2O4/c1-16(19-8-9-19)23(15-18-5-12-21(28-2)13-6-18)22(25)14-7-17-3-10-20(11-4-17)24(26)27/h3-7,10-14,16,19H,8-9,15H2,1-2H3. The number of ether oxygens (including phenoxy) is 1. The van der Waals surface area contributed by atoms with Gasteiger partial charge in [0, 0.05) is 30.8 Å². The molecule has 0 aromatic heterocycles. The van der Waals surface area contributed by atoms with E-state index in [0.717, 1.165) is 29.7 Å². The van der Waals surface area contributed by atoms with Gasteiger partial charge in [-0.3, -0.25) is 14.9 Å². The molecule has 0 radical (unpaired) electrons. The molecule has 2 aromatic rings. The van der Waals surface area contributed by atoms with Gasteiger partial charge in [-0.1, -0.05) is 12.1 Å². The van der Waals surface area contributed by atoms with E-state index in [2.05, 4.69) is 6.92 Å². The van der Waals surface area contributed by atoms with Crippen LogP contribution in [0, 0.1) is 16.0 Å². The fraction of sp³-hybridized carbons (Fsp3) is 0.318. The van der Waals surface area contributed by atoms with Gasteiger partial charge in [-0.15, -0.1) is 0 Å². The molecule has 0 heterocycles. The average molecular weight is 380 g/mol. The Morgan fingerprint density at radius 2 is 1.86 bits per heavy atom. The maximum absolute atomic E-state index is 12.9. The Morgan fingerprint density at radius 3 is 2.39 bits per heavy atom. The second-order valence-electron chi connectivity index (χ2n) is 7.07. The number of carbonyl (C=O) groups excluding carboxylic acids is 1. The van der Waals surface area contributed by atoms with Crippen LogP contribution in [0.4, 0.5) is 5.69 Å². The molecule has 0 bridgehead atoms. The number of carbonyl (C=O) groups is 1. The number of benzene rings is 2. The summed E-state index contributed by atoms with van der Waals surface area (Å²) >= 11 is 0. The Labute approximate surface area is 164 Å². The summed E-state index contributed by atoms with van der Waals surface area (Å²) in [6.45, 7) is 2.63. The molecule has 1 atom stereocenters. The van der Waals surface area contributed by atoms with Gasteiger partial charge < -0.3 is 9.64 Å². The quantitative estimate of drug-likeness (QED) is 0.385. The summed E-state index contributed by atoms with van der Waals surface area (Å²) in [5.74, 6) is 1.28. The van der Waals surface area contributed by atoms with E-state index in [0.29, 0.717) is 12.5 Å². The zero-order valence-corrected chi connectivity index (χ0v) is 16.1. The average Bonchev–Trinajstić information content (AvgIpc) is 3.56. The van der Waals surface area contributed by atoms with E-state index in [1.54, 1.807) is 31.4 Å². The molecule has 28 heavy (non-hydrogen) atoms. The van der Waals surface area contributed by atoms with Crippen LogP contribution in [-0.4, -0.2) is 28.9 Å². The third kappa shape index (κ3) is 4.97. The largest absolute Gasteiger partial charge is 0.497 e. The maximum Gasteiger partial charge on any atom is 0.269 e. The lowest BCUT2D eigenvalue weighted by molar-refractivity contribution is -0.384. The Morgan fingerprint density at radius 1 is 1.21 bits per heavy atom. The van der Waals surface area contributed by atoms with Gasteiger partial charge in [0.15, 0.2) is 0 Å². The Bertz CT molecular complexity index is 855. The van der Waals surface area contributed by atoms with Gasteiger partial charge >= 0.3 is 0 Å². The zero-order chi connectivity index (χ0) is 20.1. The van der Waals surface area contributed by atoms with Gasteiger partial charge in [-0.05, 0) is 67.2 Å². The number of rotatable bonds is 8. The van der Waals surface area contributed by atoms with Crippen LogP contribution < -0.4 is 4.74 Å². The van der Waals surface area contributed by atoms with Gasteiger partial charge in [0.05, 0.1) is 12.0 Å². The molecular formula is C22H24N2O4. The number of amides is 1. The third-order valence-corrected chi connectivity index (χ3v) is 5.11. The van der Waals surface area contributed by atoms with Gasteiger partial charge in [0.1, 0.15) is 5.75 Å². The maximum atomic E-state index is 12.9. The minimum atomic E-state index is -0.438. The Balaban J connectivity index is 1.73. The molecule has 3 rings (SSSR count). The highest BCUT2D eigenvalue weighted by molar-refractivity contribution is 5.92. The smallest absolute Gasteiger partial charge is 0.269 e. The van der Waals surface area contributed by atoms with Crippen LogP contribution in [0.2, 0.25) is 0 Å². The van der Waals surface area contributed by atoms with E-state index in [9.17, 15) is 14.9 Å². The van der Waals surface area contributed by atoms with E-state index in [-0.39, 0.29) is 17.6 Å². The highest BCUT2D eigenvalue weighted by atomic mass is 16.6. The summed E-state index contributed by atoms with van der Waals surface area (Å²) in [5.41, 5.74) is 1.83. The van der Waals surface area contributed by atoms with Crippen LogP contribution in [0.1, 0.15) is 30.9 Å². The van der Waals surface area contributed by atoms with Crippen molar-refractivity contribution < 1.29 is 14.5 Å². The van der Waals surface area contributed by atoms with Gasteiger partial charge in [0.2, 0.25) is 5.91 Å². The van der Waals surface area contributed by atoms with Gasteiger partial charge in [0.25, 0.3) is 5.69 Å². The molecule has 1 saturated carbocycles. The number of methoxy groups -OCH3 is 1. The molecule has 1 fully saturated rings. The predicted molar refractivity (Wildman–Crippen MR) is 108 cm³/mol. The minimum absolute atomic E-state index is 0.0342. The molecule has 1 amide bonds. The van der Waals surface area contributed by atoms with Crippen molar-refractivity contribution in [2.24, 2.45) is 5.92 Å². The molecule has 0 saturated heterocycles. The number of non-ortho nitro benzene ring substituents is 1. The second-order valence-corrected chi connectivity index (χ2v) is 7.07.